The maximum Gasteiger partial charge on any atom is 0.318 e. The van der Waals surface area contributed by atoms with Crippen LogP contribution in [0.3, 0.4) is 0 Å². The van der Waals surface area contributed by atoms with Gasteiger partial charge in [0.05, 0.1) is 4.92 Å². The Balaban J connectivity index is 1.68. The third-order valence-corrected chi connectivity index (χ3v) is 7.64. The van der Waals surface area contributed by atoms with E-state index in [1.165, 1.54) is 25.5 Å². The lowest BCUT2D eigenvalue weighted by Gasteiger charge is -2.28. The number of urea groups is 1. The van der Waals surface area contributed by atoms with E-state index in [9.17, 15) is 24.5 Å². The highest BCUT2D eigenvalue weighted by Crippen LogP contribution is 2.14. The van der Waals surface area contributed by atoms with Crippen LogP contribution in [0, 0.1) is 10.1 Å². The molecule has 2 N–H and O–H groups in total. The van der Waals surface area contributed by atoms with Crippen LogP contribution in [0.1, 0.15) is 37.3 Å². The Hall–Kier alpha value is -3.44. The number of rotatable bonds is 14. The quantitative estimate of drug-likeness (QED) is 0.263. The molecule has 1 saturated heterocycles. The fourth-order valence-electron chi connectivity index (χ4n) is 4.61. The van der Waals surface area contributed by atoms with Crippen molar-refractivity contribution in [2.45, 2.75) is 45.1 Å². The van der Waals surface area contributed by atoms with E-state index in [1.54, 1.807) is 17.0 Å². The molecule has 0 unspecified atom stereocenters. The smallest absolute Gasteiger partial charge is 0.318 e. The minimum Gasteiger partial charge on any atom is -0.353 e. The third kappa shape index (κ3) is 11.0. The summed E-state index contributed by atoms with van der Waals surface area (Å²) in [5.41, 5.74) is 1.74. The molecule has 2 aromatic carbocycles. The lowest BCUT2D eigenvalue weighted by atomic mass is 10.0. The first-order valence-corrected chi connectivity index (χ1v) is 14.8. The number of carbonyl (C=O) groups excluding carboxylic acids is 3. The van der Waals surface area contributed by atoms with Crippen molar-refractivity contribution < 1.29 is 19.3 Å². The second-order valence-corrected chi connectivity index (χ2v) is 11.2. The van der Waals surface area contributed by atoms with Gasteiger partial charge in [0.15, 0.2) is 5.12 Å². The van der Waals surface area contributed by atoms with Crippen molar-refractivity contribution in [1.82, 2.24) is 20.4 Å². The molecule has 1 fully saturated rings. The van der Waals surface area contributed by atoms with Gasteiger partial charge < -0.3 is 20.4 Å². The SMILES string of the molecule is CC(=O)SCCN(CCc1ccccc1)C(=O)N[C@@H](Cc1ccc([N+](=O)[O-])cc1)C(=O)NCCN1CCCCC1. The first-order valence-electron chi connectivity index (χ1n) is 13.8. The van der Waals surface area contributed by atoms with Crippen LogP contribution in [0.5, 0.6) is 0 Å². The molecule has 0 spiro atoms. The zero-order chi connectivity index (χ0) is 28.7. The summed E-state index contributed by atoms with van der Waals surface area (Å²) in [4.78, 5) is 52.8. The summed E-state index contributed by atoms with van der Waals surface area (Å²) in [6.45, 7) is 5.53. The number of likely N-dealkylation sites (tertiary alicyclic amines) is 1. The number of nitrogens with zero attached hydrogens (tertiary/aromatic N) is 3. The summed E-state index contributed by atoms with van der Waals surface area (Å²) in [6, 6.07) is 14.6. The zero-order valence-electron chi connectivity index (χ0n) is 23.0. The number of thioether (sulfide) groups is 1. The van der Waals surface area contributed by atoms with Crippen LogP contribution in [-0.2, 0) is 22.4 Å². The Labute approximate surface area is 240 Å². The highest BCUT2D eigenvalue weighted by atomic mass is 32.2. The first-order chi connectivity index (χ1) is 19.3. The van der Waals surface area contributed by atoms with E-state index in [1.807, 2.05) is 30.3 Å². The molecule has 40 heavy (non-hydrogen) atoms. The molecule has 1 heterocycles. The van der Waals surface area contributed by atoms with Crippen molar-refractivity contribution in [3.8, 4) is 0 Å². The van der Waals surface area contributed by atoms with Gasteiger partial charge >= 0.3 is 6.03 Å². The van der Waals surface area contributed by atoms with Gasteiger partial charge in [-0.25, -0.2) is 4.79 Å². The van der Waals surface area contributed by atoms with Crippen molar-refractivity contribution in [3.63, 3.8) is 0 Å². The Morgan fingerprint density at radius 2 is 1.70 bits per heavy atom. The molecule has 0 bridgehead atoms. The molecule has 1 aliphatic rings. The van der Waals surface area contributed by atoms with Gasteiger partial charge in [0.1, 0.15) is 6.04 Å². The van der Waals surface area contributed by atoms with Crippen LogP contribution in [0.2, 0.25) is 0 Å². The summed E-state index contributed by atoms with van der Waals surface area (Å²) in [5.74, 6) is 0.150. The largest absolute Gasteiger partial charge is 0.353 e. The molecule has 216 valence electrons. The van der Waals surface area contributed by atoms with Gasteiger partial charge in [-0.15, -0.1) is 0 Å². The second kappa shape index (κ2) is 16.6. The number of nitro benzene ring substituents is 1. The normalized spacial score (nSPS) is 14.2. The molecule has 10 nitrogen and oxygen atoms in total. The van der Waals surface area contributed by atoms with E-state index in [0.29, 0.717) is 37.4 Å². The van der Waals surface area contributed by atoms with Gasteiger partial charge in [-0.05, 0) is 43.5 Å². The summed E-state index contributed by atoms with van der Waals surface area (Å²) < 4.78 is 0. The number of nitro groups is 1. The molecule has 3 amide bonds. The fourth-order valence-corrected chi connectivity index (χ4v) is 5.20. The molecule has 11 heteroatoms. The highest BCUT2D eigenvalue weighted by molar-refractivity contribution is 8.13. The van der Waals surface area contributed by atoms with Gasteiger partial charge in [0.25, 0.3) is 5.69 Å². The average Bonchev–Trinajstić information content (AvgIpc) is 2.95. The number of carbonyl (C=O) groups is 3. The van der Waals surface area contributed by atoms with Crippen molar-refractivity contribution in [1.29, 1.82) is 0 Å². The van der Waals surface area contributed by atoms with Crippen molar-refractivity contribution in [2.75, 3.05) is 45.0 Å². The van der Waals surface area contributed by atoms with Gasteiger partial charge in [-0.2, -0.15) is 0 Å². The number of hydrogen-bond donors (Lipinski definition) is 2. The standard InChI is InChI=1S/C29H39N5O5S/c1-23(35)40-21-20-33(18-14-24-8-4-2-5-9-24)29(37)31-27(22-25-10-12-26(13-11-25)34(38)39)28(36)30-15-19-32-16-6-3-7-17-32/h2,4-5,8-13,27H,3,6-7,14-22H2,1H3,(H,30,36)(H,31,37)/t27-/m0/s1. The summed E-state index contributed by atoms with van der Waals surface area (Å²) in [5, 5.41) is 16.9. The topological polar surface area (TPSA) is 125 Å². The molecular weight excluding hydrogens is 530 g/mol. The molecule has 0 saturated carbocycles. The maximum atomic E-state index is 13.5. The Bertz CT molecular complexity index is 1110. The van der Waals surface area contributed by atoms with Gasteiger partial charge in [-0.1, -0.05) is 60.6 Å². The Kier molecular flexibility index (Phi) is 12.9. The van der Waals surface area contributed by atoms with E-state index < -0.39 is 17.0 Å². The number of nitrogens with one attached hydrogen (secondary N) is 2. The van der Waals surface area contributed by atoms with Crippen LogP contribution in [0.4, 0.5) is 10.5 Å². The number of hydrogen-bond acceptors (Lipinski definition) is 7. The van der Waals surface area contributed by atoms with Gasteiger partial charge in [0, 0.05) is 57.4 Å². The zero-order valence-corrected chi connectivity index (χ0v) is 23.9. The highest BCUT2D eigenvalue weighted by Gasteiger charge is 2.25. The number of benzene rings is 2. The molecule has 3 rings (SSSR count). The summed E-state index contributed by atoms with van der Waals surface area (Å²) >= 11 is 1.16. The molecule has 1 aliphatic heterocycles. The second-order valence-electron chi connectivity index (χ2n) is 9.89. The monoisotopic (exact) mass is 569 g/mol. The maximum absolute atomic E-state index is 13.5. The number of piperidine rings is 1. The predicted molar refractivity (Wildman–Crippen MR) is 157 cm³/mol. The third-order valence-electron chi connectivity index (χ3n) is 6.84. The van der Waals surface area contributed by atoms with Gasteiger partial charge in [0.2, 0.25) is 5.91 Å². The van der Waals surface area contributed by atoms with Gasteiger partial charge in [-0.3, -0.25) is 19.7 Å². The Morgan fingerprint density at radius 3 is 2.35 bits per heavy atom. The predicted octanol–water partition coefficient (Wildman–Crippen LogP) is 3.64. The van der Waals surface area contributed by atoms with Crippen LogP contribution in [0.15, 0.2) is 54.6 Å². The summed E-state index contributed by atoms with van der Waals surface area (Å²) in [6.07, 6.45) is 4.38. The van der Waals surface area contributed by atoms with Crippen LogP contribution in [-0.4, -0.2) is 82.8 Å². The molecule has 0 aromatic heterocycles. The van der Waals surface area contributed by atoms with Crippen molar-refractivity contribution >= 4 is 34.5 Å². The van der Waals surface area contributed by atoms with E-state index in [-0.39, 0.29) is 23.1 Å². The average molecular weight is 570 g/mol. The van der Waals surface area contributed by atoms with E-state index in [4.69, 9.17) is 0 Å². The molecule has 0 aliphatic carbocycles. The molecule has 2 aromatic rings. The first kappa shape index (κ1) is 31.1. The Morgan fingerprint density at radius 1 is 1.00 bits per heavy atom. The number of amides is 3. The number of non-ortho nitro benzene ring substituents is 1. The van der Waals surface area contributed by atoms with Crippen molar-refractivity contribution in [2.24, 2.45) is 0 Å². The fraction of sp³-hybridized carbons (Fsp3) is 0.483. The molecule has 0 radical (unpaired) electrons. The lowest BCUT2D eigenvalue weighted by molar-refractivity contribution is -0.384. The van der Waals surface area contributed by atoms with Crippen LogP contribution < -0.4 is 10.6 Å². The summed E-state index contributed by atoms with van der Waals surface area (Å²) in [7, 11) is 0. The lowest BCUT2D eigenvalue weighted by Crippen LogP contribution is -2.53. The van der Waals surface area contributed by atoms with Crippen molar-refractivity contribution in [3.05, 3.63) is 75.8 Å². The van der Waals surface area contributed by atoms with E-state index in [2.05, 4.69) is 15.5 Å². The minimum atomic E-state index is -0.866. The molecular formula is C29H39N5O5S. The van der Waals surface area contributed by atoms with E-state index >= 15 is 0 Å². The van der Waals surface area contributed by atoms with E-state index in [0.717, 1.165) is 49.8 Å². The minimum absolute atomic E-state index is 0.0208. The van der Waals surface area contributed by atoms with Crippen LogP contribution in [0.25, 0.3) is 0 Å². The molecule has 1 atom stereocenters. The van der Waals surface area contributed by atoms with Crippen LogP contribution >= 0.6 is 11.8 Å².